The summed E-state index contributed by atoms with van der Waals surface area (Å²) in [5, 5.41) is 13.1. The summed E-state index contributed by atoms with van der Waals surface area (Å²) in [6.45, 7) is 0.363. The molecule has 1 aliphatic carbocycles. The molecule has 0 fully saturated rings. The number of fused-ring (bicyclic) bond motifs is 2. The van der Waals surface area contributed by atoms with E-state index in [1.54, 1.807) is 0 Å². The summed E-state index contributed by atoms with van der Waals surface area (Å²) in [5.74, 6) is -5.08. The molecule has 28 heavy (non-hydrogen) atoms. The maximum absolute atomic E-state index is 14.5. The van der Waals surface area contributed by atoms with Crippen molar-refractivity contribution in [3.8, 4) is 0 Å². The second-order valence-corrected chi connectivity index (χ2v) is 9.24. The first-order chi connectivity index (χ1) is 13.0. The van der Waals surface area contributed by atoms with Gasteiger partial charge in [-0.2, -0.15) is 0 Å². The van der Waals surface area contributed by atoms with Crippen molar-refractivity contribution in [3.63, 3.8) is 0 Å². The van der Waals surface area contributed by atoms with Crippen LogP contribution in [0.1, 0.15) is 40.0 Å². The number of aliphatic hydroxyl groups is 1. The Morgan fingerprint density at radius 1 is 1.18 bits per heavy atom. The lowest BCUT2D eigenvalue weighted by molar-refractivity contribution is -0.0976. The van der Waals surface area contributed by atoms with Crippen molar-refractivity contribution < 1.29 is 31.1 Å². The average Bonchev–Trinajstić information content (AvgIpc) is 2.82. The van der Waals surface area contributed by atoms with Crippen LogP contribution in [-0.2, 0) is 22.7 Å². The maximum atomic E-state index is 14.5. The zero-order valence-corrected chi connectivity index (χ0v) is 15.6. The van der Waals surface area contributed by atoms with E-state index < -0.39 is 46.0 Å². The Balaban J connectivity index is 1.96. The van der Waals surface area contributed by atoms with Gasteiger partial charge in [-0.1, -0.05) is 6.07 Å². The van der Waals surface area contributed by atoms with E-state index in [2.05, 4.69) is 5.32 Å². The highest BCUT2D eigenvalue weighted by molar-refractivity contribution is 7.90. The zero-order chi connectivity index (χ0) is 20.4. The summed E-state index contributed by atoms with van der Waals surface area (Å²) in [6, 6.07) is 3.60. The first kappa shape index (κ1) is 19.4. The van der Waals surface area contributed by atoms with E-state index in [9.17, 15) is 31.1 Å². The largest absolute Gasteiger partial charge is 0.382 e. The fourth-order valence-corrected chi connectivity index (χ4v) is 5.13. The van der Waals surface area contributed by atoms with E-state index in [1.807, 2.05) is 0 Å². The standard InChI is InChI=1S/C19H17F4NO3S/c1-28(26,27)14-3-2-11(12-8-19(22,23)18(25)16(12)14)17-15-9(4-5-24-17)6-10(20)7-13(15)21/h2-3,6-7,17-18,24-25H,4-5,8H2,1H3/t17-,18+/m1/s1. The number of nitrogens with one attached hydrogen (secondary N) is 1. The number of sulfone groups is 1. The van der Waals surface area contributed by atoms with Crippen LogP contribution in [0.2, 0.25) is 0 Å². The summed E-state index contributed by atoms with van der Waals surface area (Å²) in [6.07, 6.45) is -1.89. The monoisotopic (exact) mass is 415 g/mol. The lowest BCUT2D eigenvalue weighted by Gasteiger charge is -2.29. The quantitative estimate of drug-likeness (QED) is 0.741. The SMILES string of the molecule is CS(=O)(=O)c1ccc([C@H]2NCCc3cc(F)cc(F)c32)c2c1[C@H](O)C(F)(F)C2. The third kappa shape index (κ3) is 2.92. The molecular formula is C19H17F4NO3S. The summed E-state index contributed by atoms with van der Waals surface area (Å²) < 4.78 is 80.8. The molecular weight excluding hydrogens is 398 g/mol. The van der Waals surface area contributed by atoms with Gasteiger partial charge in [0.1, 0.15) is 17.7 Å². The van der Waals surface area contributed by atoms with Gasteiger partial charge in [-0.15, -0.1) is 0 Å². The first-order valence-electron chi connectivity index (χ1n) is 8.63. The lowest BCUT2D eigenvalue weighted by atomic mass is 9.86. The van der Waals surface area contributed by atoms with E-state index in [0.717, 1.165) is 18.4 Å². The van der Waals surface area contributed by atoms with Gasteiger partial charge in [-0.3, -0.25) is 0 Å². The Kier molecular flexibility index (Phi) is 4.33. The number of alkyl halides is 2. The molecule has 4 nitrogen and oxygen atoms in total. The number of hydrogen-bond donors (Lipinski definition) is 2. The molecule has 2 aromatic carbocycles. The van der Waals surface area contributed by atoms with Crippen LogP contribution in [-0.4, -0.2) is 32.2 Å². The highest BCUT2D eigenvalue weighted by Crippen LogP contribution is 2.49. The molecule has 0 aromatic heterocycles. The number of hydrogen-bond acceptors (Lipinski definition) is 4. The third-order valence-electron chi connectivity index (χ3n) is 5.36. The van der Waals surface area contributed by atoms with Gasteiger partial charge in [0.05, 0.1) is 10.9 Å². The van der Waals surface area contributed by atoms with Crippen LogP contribution >= 0.6 is 0 Å². The van der Waals surface area contributed by atoms with Gasteiger partial charge in [0, 0.05) is 36.4 Å². The van der Waals surface area contributed by atoms with Gasteiger partial charge in [0.15, 0.2) is 9.84 Å². The summed E-state index contributed by atoms with van der Waals surface area (Å²) in [5.41, 5.74) is 0.459. The van der Waals surface area contributed by atoms with Crippen molar-refractivity contribution in [2.45, 2.75) is 35.8 Å². The molecule has 1 heterocycles. The third-order valence-corrected chi connectivity index (χ3v) is 6.52. The van der Waals surface area contributed by atoms with Crippen LogP contribution in [0.25, 0.3) is 0 Å². The van der Waals surface area contributed by atoms with Crippen molar-refractivity contribution in [2.24, 2.45) is 0 Å². The highest BCUT2D eigenvalue weighted by Gasteiger charge is 2.50. The molecule has 2 aromatic rings. The molecule has 0 spiro atoms. The Labute approximate surface area is 159 Å². The average molecular weight is 415 g/mol. The molecule has 0 saturated carbocycles. The van der Waals surface area contributed by atoms with Crippen molar-refractivity contribution in [2.75, 3.05) is 12.8 Å². The van der Waals surface area contributed by atoms with Crippen molar-refractivity contribution in [3.05, 3.63) is 63.7 Å². The molecule has 2 atom stereocenters. The van der Waals surface area contributed by atoms with Crippen molar-refractivity contribution in [1.82, 2.24) is 5.32 Å². The predicted molar refractivity (Wildman–Crippen MR) is 93.1 cm³/mol. The normalized spacial score (nSPS) is 23.4. The number of aliphatic hydroxyl groups excluding tert-OH is 1. The van der Waals surface area contributed by atoms with Gasteiger partial charge in [0.25, 0.3) is 5.92 Å². The van der Waals surface area contributed by atoms with E-state index >= 15 is 0 Å². The number of benzene rings is 2. The zero-order valence-electron chi connectivity index (χ0n) is 14.8. The molecule has 2 N–H and O–H groups in total. The fourth-order valence-electron chi connectivity index (χ4n) is 4.18. The minimum atomic E-state index is -3.87. The van der Waals surface area contributed by atoms with Crippen LogP contribution in [0.3, 0.4) is 0 Å². The summed E-state index contributed by atoms with van der Waals surface area (Å²) in [7, 11) is -3.87. The van der Waals surface area contributed by atoms with Gasteiger partial charge < -0.3 is 10.4 Å². The van der Waals surface area contributed by atoms with Gasteiger partial charge >= 0.3 is 0 Å². The van der Waals surface area contributed by atoms with E-state index in [1.165, 1.54) is 12.1 Å². The van der Waals surface area contributed by atoms with Crippen LogP contribution < -0.4 is 5.32 Å². The van der Waals surface area contributed by atoms with Crippen LogP contribution in [0.5, 0.6) is 0 Å². The maximum Gasteiger partial charge on any atom is 0.281 e. The minimum absolute atomic E-state index is 0.0190. The van der Waals surface area contributed by atoms with E-state index in [0.29, 0.717) is 18.5 Å². The molecule has 0 saturated heterocycles. The molecule has 0 bridgehead atoms. The molecule has 0 radical (unpaired) electrons. The fraction of sp³-hybridized carbons (Fsp3) is 0.368. The Morgan fingerprint density at radius 2 is 1.89 bits per heavy atom. The highest BCUT2D eigenvalue weighted by atomic mass is 32.2. The topological polar surface area (TPSA) is 66.4 Å². The van der Waals surface area contributed by atoms with Gasteiger partial charge in [-0.25, -0.2) is 26.0 Å². The van der Waals surface area contributed by atoms with Crippen LogP contribution in [0.15, 0.2) is 29.2 Å². The first-order valence-corrected chi connectivity index (χ1v) is 10.5. The molecule has 2 aliphatic rings. The Hall–Kier alpha value is -1.97. The van der Waals surface area contributed by atoms with Gasteiger partial charge in [0.2, 0.25) is 0 Å². The van der Waals surface area contributed by atoms with Crippen LogP contribution in [0, 0.1) is 11.6 Å². The number of rotatable bonds is 2. The lowest BCUT2D eigenvalue weighted by Crippen LogP contribution is -2.32. The minimum Gasteiger partial charge on any atom is -0.382 e. The second kappa shape index (κ2) is 6.27. The molecule has 1 aliphatic heterocycles. The van der Waals surface area contributed by atoms with Crippen molar-refractivity contribution >= 4 is 9.84 Å². The van der Waals surface area contributed by atoms with E-state index in [-0.39, 0.29) is 27.1 Å². The van der Waals surface area contributed by atoms with Crippen LogP contribution in [0.4, 0.5) is 17.6 Å². The predicted octanol–water partition coefficient (Wildman–Crippen LogP) is 2.83. The smallest absolute Gasteiger partial charge is 0.281 e. The van der Waals surface area contributed by atoms with E-state index in [4.69, 9.17) is 0 Å². The Morgan fingerprint density at radius 3 is 2.57 bits per heavy atom. The van der Waals surface area contributed by atoms with Gasteiger partial charge in [-0.05, 0) is 35.2 Å². The van der Waals surface area contributed by atoms with Crippen molar-refractivity contribution in [1.29, 1.82) is 0 Å². The molecule has 9 heteroatoms. The molecule has 4 rings (SSSR count). The second-order valence-electron chi connectivity index (χ2n) is 7.26. The number of halogens is 4. The Bertz CT molecular complexity index is 1090. The summed E-state index contributed by atoms with van der Waals surface area (Å²) >= 11 is 0. The molecule has 0 amide bonds. The summed E-state index contributed by atoms with van der Waals surface area (Å²) in [4.78, 5) is -0.369. The molecule has 0 unspecified atom stereocenters. The molecule has 150 valence electrons.